The van der Waals surface area contributed by atoms with E-state index in [9.17, 15) is 9.59 Å². The fourth-order valence-electron chi connectivity index (χ4n) is 2.98. The zero-order chi connectivity index (χ0) is 14.3. The number of nitrogens with zero attached hydrogens (tertiary/aromatic N) is 1. The van der Waals surface area contributed by atoms with Crippen molar-refractivity contribution in [1.29, 1.82) is 0 Å². The van der Waals surface area contributed by atoms with E-state index in [1.807, 2.05) is 24.3 Å². The van der Waals surface area contributed by atoms with Crippen molar-refractivity contribution < 1.29 is 14.7 Å². The summed E-state index contributed by atoms with van der Waals surface area (Å²) >= 11 is 6.15. The van der Waals surface area contributed by atoms with Crippen LogP contribution in [0.3, 0.4) is 0 Å². The van der Waals surface area contributed by atoms with Crippen molar-refractivity contribution in [2.75, 3.05) is 13.1 Å². The van der Waals surface area contributed by atoms with Gasteiger partial charge in [-0.1, -0.05) is 29.8 Å². The fraction of sp³-hybridized carbons (Fsp3) is 0.467. The lowest BCUT2D eigenvalue weighted by molar-refractivity contribution is -0.141. The quantitative estimate of drug-likeness (QED) is 0.931. The standard InChI is InChI=1S/C15H16ClNO3/c16-13-4-2-1-3-10(13)11-7-12(11)14(18)17-6-5-9(8-17)15(19)20/h1-4,9,11-12H,5-8H2,(H,19,20). The third-order valence-corrected chi connectivity index (χ3v) is 4.61. The van der Waals surface area contributed by atoms with Crippen LogP contribution in [0.1, 0.15) is 24.3 Å². The highest BCUT2D eigenvalue weighted by atomic mass is 35.5. The summed E-state index contributed by atoms with van der Waals surface area (Å²) in [6, 6.07) is 7.61. The smallest absolute Gasteiger partial charge is 0.308 e. The third-order valence-electron chi connectivity index (χ3n) is 4.26. The number of carbonyl (C=O) groups excluding carboxylic acids is 1. The van der Waals surface area contributed by atoms with E-state index < -0.39 is 11.9 Å². The maximum Gasteiger partial charge on any atom is 0.308 e. The molecule has 3 atom stereocenters. The lowest BCUT2D eigenvalue weighted by Gasteiger charge is -2.16. The van der Waals surface area contributed by atoms with Gasteiger partial charge in [-0.3, -0.25) is 9.59 Å². The summed E-state index contributed by atoms with van der Waals surface area (Å²) < 4.78 is 0. The first-order valence-electron chi connectivity index (χ1n) is 6.84. The molecule has 2 fully saturated rings. The molecular formula is C15H16ClNO3. The van der Waals surface area contributed by atoms with Crippen molar-refractivity contribution in [3.05, 3.63) is 34.9 Å². The number of hydrogen-bond donors (Lipinski definition) is 1. The van der Waals surface area contributed by atoms with Gasteiger partial charge >= 0.3 is 5.97 Å². The van der Waals surface area contributed by atoms with E-state index in [-0.39, 0.29) is 17.7 Å². The van der Waals surface area contributed by atoms with Gasteiger partial charge in [0.2, 0.25) is 5.91 Å². The highest BCUT2D eigenvalue weighted by Crippen LogP contribution is 2.50. The highest BCUT2D eigenvalue weighted by Gasteiger charge is 2.47. The van der Waals surface area contributed by atoms with Crippen LogP contribution >= 0.6 is 11.6 Å². The third kappa shape index (κ3) is 2.40. The predicted molar refractivity (Wildman–Crippen MR) is 74.6 cm³/mol. The molecule has 0 aromatic heterocycles. The summed E-state index contributed by atoms with van der Waals surface area (Å²) in [5.74, 6) is -0.962. The molecule has 20 heavy (non-hydrogen) atoms. The number of rotatable bonds is 3. The molecule has 1 aliphatic heterocycles. The SMILES string of the molecule is O=C(O)C1CCN(C(=O)C2CC2c2ccccc2Cl)C1. The number of benzene rings is 1. The Balaban J connectivity index is 1.64. The van der Waals surface area contributed by atoms with Gasteiger partial charge < -0.3 is 10.0 Å². The van der Waals surface area contributed by atoms with Crippen LogP contribution in [0.4, 0.5) is 0 Å². The monoisotopic (exact) mass is 293 g/mol. The predicted octanol–water partition coefficient (Wildman–Crippen LogP) is 2.38. The normalized spacial score (nSPS) is 28.4. The highest BCUT2D eigenvalue weighted by molar-refractivity contribution is 6.31. The average Bonchev–Trinajstić information content (AvgIpc) is 3.05. The van der Waals surface area contributed by atoms with Gasteiger partial charge in [0.05, 0.1) is 5.92 Å². The first-order valence-corrected chi connectivity index (χ1v) is 7.21. The molecule has 0 bridgehead atoms. The van der Waals surface area contributed by atoms with Crippen LogP contribution in [0.2, 0.25) is 5.02 Å². The second kappa shape index (κ2) is 5.09. The lowest BCUT2D eigenvalue weighted by atomic mass is 10.1. The zero-order valence-corrected chi connectivity index (χ0v) is 11.7. The summed E-state index contributed by atoms with van der Waals surface area (Å²) in [6.45, 7) is 0.904. The minimum absolute atomic E-state index is 0.0255. The lowest BCUT2D eigenvalue weighted by Crippen LogP contribution is -2.31. The summed E-state index contributed by atoms with van der Waals surface area (Å²) in [4.78, 5) is 25.0. The first-order chi connectivity index (χ1) is 9.58. The molecule has 1 saturated heterocycles. The van der Waals surface area contributed by atoms with Crippen molar-refractivity contribution in [3.63, 3.8) is 0 Å². The van der Waals surface area contributed by atoms with Gasteiger partial charge in [0, 0.05) is 24.0 Å². The molecule has 0 radical (unpaired) electrons. The molecule has 1 heterocycles. The largest absolute Gasteiger partial charge is 0.481 e. The molecule has 1 aromatic carbocycles. The number of carbonyl (C=O) groups is 2. The van der Waals surface area contributed by atoms with Crippen molar-refractivity contribution >= 4 is 23.5 Å². The summed E-state index contributed by atoms with van der Waals surface area (Å²) in [5.41, 5.74) is 1.03. The Bertz CT molecular complexity index is 560. The minimum Gasteiger partial charge on any atom is -0.481 e. The molecular weight excluding hydrogens is 278 g/mol. The van der Waals surface area contributed by atoms with Gasteiger partial charge in [-0.2, -0.15) is 0 Å². The number of amides is 1. The molecule has 1 N–H and O–H groups in total. The fourth-order valence-corrected chi connectivity index (χ4v) is 3.26. The van der Waals surface area contributed by atoms with Gasteiger partial charge in [-0.25, -0.2) is 0 Å². The van der Waals surface area contributed by atoms with Crippen LogP contribution in [-0.2, 0) is 9.59 Å². The number of aliphatic carboxylic acids is 1. The Morgan fingerprint density at radius 3 is 2.70 bits per heavy atom. The van der Waals surface area contributed by atoms with Crippen LogP contribution in [0.15, 0.2) is 24.3 Å². The van der Waals surface area contributed by atoms with Gasteiger partial charge in [0.15, 0.2) is 0 Å². The Kier molecular flexibility index (Phi) is 3.42. The van der Waals surface area contributed by atoms with E-state index >= 15 is 0 Å². The molecule has 1 aliphatic carbocycles. The Morgan fingerprint density at radius 2 is 2.05 bits per heavy atom. The van der Waals surface area contributed by atoms with Gasteiger partial charge in [0.25, 0.3) is 0 Å². The molecule has 2 aliphatic rings. The summed E-state index contributed by atoms with van der Waals surface area (Å²) in [6.07, 6.45) is 1.38. The Morgan fingerprint density at radius 1 is 1.30 bits per heavy atom. The minimum atomic E-state index is -0.807. The van der Waals surface area contributed by atoms with E-state index in [2.05, 4.69) is 0 Å². The first kappa shape index (κ1) is 13.4. The molecule has 5 heteroatoms. The average molecular weight is 294 g/mol. The number of likely N-dealkylation sites (tertiary alicyclic amines) is 1. The molecule has 4 nitrogen and oxygen atoms in total. The molecule has 1 saturated carbocycles. The number of hydrogen-bond acceptors (Lipinski definition) is 2. The van der Waals surface area contributed by atoms with Crippen LogP contribution in [0.5, 0.6) is 0 Å². The topological polar surface area (TPSA) is 57.6 Å². The number of carboxylic acid groups (broad SMARTS) is 1. The van der Waals surface area contributed by atoms with Gasteiger partial charge in [0.1, 0.15) is 0 Å². The number of carboxylic acids is 1. The Labute approximate surface area is 122 Å². The van der Waals surface area contributed by atoms with E-state index in [1.54, 1.807) is 4.90 Å². The molecule has 1 amide bonds. The summed E-state index contributed by atoms with van der Waals surface area (Å²) in [5, 5.41) is 9.68. The summed E-state index contributed by atoms with van der Waals surface area (Å²) in [7, 11) is 0. The van der Waals surface area contributed by atoms with Crippen LogP contribution in [-0.4, -0.2) is 35.0 Å². The van der Waals surface area contributed by atoms with Crippen molar-refractivity contribution in [3.8, 4) is 0 Å². The molecule has 0 spiro atoms. The van der Waals surface area contributed by atoms with Crippen LogP contribution in [0.25, 0.3) is 0 Å². The van der Waals surface area contributed by atoms with Gasteiger partial charge in [-0.05, 0) is 30.4 Å². The number of halogens is 1. The molecule has 3 rings (SSSR count). The zero-order valence-electron chi connectivity index (χ0n) is 11.0. The van der Waals surface area contributed by atoms with Crippen LogP contribution in [0, 0.1) is 11.8 Å². The van der Waals surface area contributed by atoms with Crippen molar-refractivity contribution in [2.24, 2.45) is 11.8 Å². The molecule has 106 valence electrons. The van der Waals surface area contributed by atoms with Crippen molar-refractivity contribution in [1.82, 2.24) is 4.90 Å². The maximum atomic E-state index is 12.4. The van der Waals surface area contributed by atoms with Gasteiger partial charge in [-0.15, -0.1) is 0 Å². The van der Waals surface area contributed by atoms with E-state index in [1.165, 1.54) is 0 Å². The van der Waals surface area contributed by atoms with E-state index in [0.717, 1.165) is 12.0 Å². The van der Waals surface area contributed by atoms with E-state index in [4.69, 9.17) is 16.7 Å². The second-order valence-corrected chi connectivity index (χ2v) is 5.99. The van der Waals surface area contributed by atoms with Crippen LogP contribution < -0.4 is 0 Å². The molecule has 3 unspecified atom stereocenters. The Hall–Kier alpha value is -1.55. The van der Waals surface area contributed by atoms with Crippen molar-refractivity contribution in [2.45, 2.75) is 18.8 Å². The second-order valence-electron chi connectivity index (χ2n) is 5.58. The van der Waals surface area contributed by atoms with E-state index in [0.29, 0.717) is 24.5 Å². The maximum absolute atomic E-state index is 12.4. The molecule has 1 aromatic rings.